The second-order valence-electron chi connectivity index (χ2n) is 5.92. The van der Waals surface area contributed by atoms with E-state index >= 15 is 0 Å². The lowest BCUT2D eigenvalue weighted by molar-refractivity contribution is -0.148. The van der Waals surface area contributed by atoms with Gasteiger partial charge in [-0.3, -0.25) is 19.3 Å². The number of carbonyl (C=O) groups excluding carboxylic acids is 4. The molecule has 0 radical (unpaired) electrons. The average Bonchev–Trinajstić information content (AvgIpc) is 2.72. The van der Waals surface area contributed by atoms with Gasteiger partial charge in [-0.2, -0.15) is 0 Å². The third-order valence-corrected chi connectivity index (χ3v) is 4.01. The Labute approximate surface area is 163 Å². The zero-order valence-corrected chi connectivity index (χ0v) is 15.6. The van der Waals surface area contributed by atoms with Gasteiger partial charge in [0.2, 0.25) is 11.8 Å². The molecule has 2 N–H and O–H groups in total. The quantitative estimate of drug-likeness (QED) is 0.208. The summed E-state index contributed by atoms with van der Waals surface area (Å²) in [6.07, 6.45) is 4.22. The first-order valence-electron chi connectivity index (χ1n) is 8.89. The number of hydroxylamine groups is 2. The van der Waals surface area contributed by atoms with E-state index in [1.165, 1.54) is 0 Å². The van der Waals surface area contributed by atoms with E-state index in [-0.39, 0.29) is 50.1 Å². The van der Waals surface area contributed by atoms with Crippen molar-refractivity contribution in [2.45, 2.75) is 25.7 Å². The topological polar surface area (TPSA) is 129 Å². The maximum absolute atomic E-state index is 12.0. The third kappa shape index (κ3) is 9.28. The molecule has 1 rings (SSSR count). The molecule has 1 fully saturated rings. The van der Waals surface area contributed by atoms with Crippen LogP contribution < -0.4 is 11.0 Å². The van der Waals surface area contributed by atoms with Crippen molar-refractivity contribution in [1.29, 1.82) is 0 Å². The van der Waals surface area contributed by atoms with E-state index in [0.717, 1.165) is 12.2 Å². The van der Waals surface area contributed by atoms with Gasteiger partial charge in [-0.15, -0.1) is 0 Å². The Morgan fingerprint density at radius 1 is 0.714 bits per heavy atom. The SMILES string of the molecule is C=CC(=O)OCCONC(=O)C1CCC(C(=O)NOCCOC(=O)C=C)CC1. The van der Waals surface area contributed by atoms with Gasteiger partial charge in [-0.05, 0) is 25.7 Å². The van der Waals surface area contributed by atoms with Crippen LogP contribution >= 0.6 is 0 Å². The summed E-state index contributed by atoms with van der Waals surface area (Å²) in [5.74, 6) is -2.16. The normalized spacial score (nSPS) is 18.4. The van der Waals surface area contributed by atoms with Gasteiger partial charge in [0.1, 0.15) is 26.4 Å². The fourth-order valence-electron chi connectivity index (χ4n) is 2.51. The second kappa shape index (κ2) is 13.4. The summed E-state index contributed by atoms with van der Waals surface area (Å²) < 4.78 is 9.41. The molecule has 0 unspecified atom stereocenters. The number of ether oxygens (including phenoxy) is 2. The maximum atomic E-state index is 12.0. The highest BCUT2D eigenvalue weighted by Gasteiger charge is 2.30. The summed E-state index contributed by atoms with van der Waals surface area (Å²) in [6, 6.07) is 0. The first kappa shape index (κ1) is 23.3. The molecule has 1 aliphatic rings. The number of amides is 2. The third-order valence-electron chi connectivity index (χ3n) is 4.01. The van der Waals surface area contributed by atoms with Crippen LogP contribution in [0.25, 0.3) is 0 Å². The molecule has 10 heteroatoms. The number of rotatable bonds is 12. The number of hydrogen-bond donors (Lipinski definition) is 2. The van der Waals surface area contributed by atoms with Crippen molar-refractivity contribution in [2.75, 3.05) is 26.4 Å². The van der Waals surface area contributed by atoms with Crippen LogP contribution in [0.1, 0.15) is 25.7 Å². The Kier molecular flexibility index (Phi) is 11.2. The van der Waals surface area contributed by atoms with Gasteiger partial charge in [0.05, 0.1) is 0 Å². The fraction of sp³-hybridized carbons (Fsp3) is 0.556. The lowest BCUT2D eigenvalue weighted by Crippen LogP contribution is -2.38. The zero-order valence-electron chi connectivity index (χ0n) is 15.6. The van der Waals surface area contributed by atoms with Gasteiger partial charge in [0.25, 0.3) is 0 Å². The molecule has 1 aliphatic carbocycles. The molecule has 0 heterocycles. The van der Waals surface area contributed by atoms with Gasteiger partial charge >= 0.3 is 11.9 Å². The lowest BCUT2D eigenvalue weighted by Gasteiger charge is -2.26. The van der Waals surface area contributed by atoms with E-state index in [0.29, 0.717) is 25.7 Å². The molecular weight excluding hydrogens is 372 g/mol. The molecule has 0 aromatic carbocycles. The first-order chi connectivity index (χ1) is 13.5. The first-order valence-corrected chi connectivity index (χ1v) is 8.89. The Hall–Kier alpha value is -2.72. The van der Waals surface area contributed by atoms with Crippen LogP contribution in [-0.2, 0) is 38.3 Å². The standard InChI is InChI=1S/C18H26N2O8/c1-3-15(21)25-9-11-27-19-17(23)13-5-7-14(8-6-13)18(24)20-28-12-10-26-16(22)4-2/h3-4,13-14H,1-2,5-12H2,(H,19,23)(H,20,24). The minimum atomic E-state index is -0.562. The van der Waals surface area contributed by atoms with Crippen molar-refractivity contribution in [3.05, 3.63) is 25.3 Å². The minimum Gasteiger partial charge on any atom is -0.460 e. The molecule has 0 bridgehead atoms. The Morgan fingerprint density at radius 3 is 1.39 bits per heavy atom. The van der Waals surface area contributed by atoms with Crippen LogP contribution in [0.3, 0.4) is 0 Å². The highest BCUT2D eigenvalue weighted by Crippen LogP contribution is 2.29. The summed E-state index contributed by atoms with van der Waals surface area (Å²) in [4.78, 5) is 55.6. The van der Waals surface area contributed by atoms with Crippen molar-refractivity contribution in [1.82, 2.24) is 11.0 Å². The van der Waals surface area contributed by atoms with Crippen LogP contribution in [0, 0.1) is 11.8 Å². The van der Waals surface area contributed by atoms with Crippen molar-refractivity contribution in [3.8, 4) is 0 Å². The monoisotopic (exact) mass is 398 g/mol. The van der Waals surface area contributed by atoms with Crippen LogP contribution in [0.15, 0.2) is 25.3 Å². The molecule has 0 atom stereocenters. The van der Waals surface area contributed by atoms with Gasteiger partial charge in [0.15, 0.2) is 0 Å². The smallest absolute Gasteiger partial charge is 0.330 e. The number of nitrogens with one attached hydrogen (secondary N) is 2. The number of esters is 2. The molecule has 156 valence electrons. The molecule has 0 spiro atoms. The summed E-state index contributed by atoms with van der Waals surface area (Å²) in [5, 5.41) is 0. The Balaban J connectivity index is 2.12. The zero-order chi connectivity index (χ0) is 20.8. The van der Waals surface area contributed by atoms with E-state index in [1.54, 1.807) is 0 Å². The van der Waals surface area contributed by atoms with Crippen LogP contribution in [0.2, 0.25) is 0 Å². The van der Waals surface area contributed by atoms with Crippen LogP contribution in [0.5, 0.6) is 0 Å². The summed E-state index contributed by atoms with van der Waals surface area (Å²) >= 11 is 0. The largest absolute Gasteiger partial charge is 0.460 e. The molecule has 0 aromatic rings. The number of carbonyl (C=O) groups is 4. The maximum Gasteiger partial charge on any atom is 0.330 e. The van der Waals surface area contributed by atoms with Crippen LogP contribution in [0.4, 0.5) is 0 Å². The Bertz CT molecular complexity index is 520. The van der Waals surface area contributed by atoms with Gasteiger partial charge < -0.3 is 9.47 Å². The summed E-state index contributed by atoms with van der Waals surface area (Å²) in [6.45, 7) is 6.59. The van der Waals surface area contributed by atoms with Gasteiger partial charge in [-0.25, -0.2) is 20.5 Å². The van der Waals surface area contributed by atoms with E-state index in [4.69, 9.17) is 19.1 Å². The minimum absolute atomic E-state index is 0.00480. The predicted octanol–water partition coefficient (Wildman–Crippen LogP) is 0.347. The molecule has 10 nitrogen and oxygen atoms in total. The molecule has 1 saturated carbocycles. The molecule has 0 aromatic heterocycles. The Morgan fingerprint density at radius 2 is 1.07 bits per heavy atom. The van der Waals surface area contributed by atoms with E-state index in [2.05, 4.69) is 24.1 Å². The van der Waals surface area contributed by atoms with Crippen molar-refractivity contribution >= 4 is 23.8 Å². The summed E-state index contributed by atoms with van der Waals surface area (Å²) in [5.41, 5.74) is 4.64. The fourth-order valence-corrected chi connectivity index (χ4v) is 2.51. The van der Waals surface area contributed by atoms with Crippen molar-refractivity contribution in [3.63, 3.8) is 0 Å². The molecule has 2 amide bonds. The molecular formula is C18H26N2O8. The van der Waals surface area contributed by atoms with Gasteiger partial charge in [0, 0.05) is 24.0 Å². The highest BCUT2D eigenvalue weighted by molar-refractivity contribution is 5.81. The second-order valence-corrected chi connectivity index (χ2v) is 5.92. The lowest BCUT2D eigenvalue weighted by atomic mass is 9.81. The molecule has 28 heavy (non-hydrogen) atoms. The van der Waals surface area contributed by atoms with E-state index in [9.17, 15) is 19.2 Å². The highest BCUT2D eigenvalue weighted by atomic mass is 16.7. The van der Waals surface area contributed by atoms with E-state index in [1.807, 2.05) is 0 Å². The molecule has 0 saturated heterocycles. The van der Waals surface area contributed by atoms with Crippen molar-refractivity contribution in [2.24, 2.45) is 11.8 Å². The summed E-state index contributed by atoms with van der Waals surface area (Å²) in [7, 11) is 0. The number of hydrogen-bond acceptors (Lipinski definition) is 8. The average molecular weight is 398 g/mol. The van der Waals surface area contributed by atoms with Crippen molar-refractivity contribution < 1.29 is 38.3 Å². The molecule has 0 aliphatic heterocycles. The van der Waals surface area contributed by atoms with E-state index < -0.39 is 11.9 Å². The van der Waals surface area contributed by atoms with Gasteiger partial charge in [-0.1, -0.05) is 13.2 Å². The predicted molar refractivity (Wildman–Crippen MR) is 95.9 cm³/mol. The van der Waals surface area contributed by atoms with Crippen LogP contribution in [-0.4, -0.2) is 50.2 Å².